The first kappa shape index (κ1) is 15.1. The molecule has 2 unspecified atom stereocenters. The molecule has 5 heteroatoms. The Labute approximate surface area is 113 Å². The fourth-order valence-electron chi connectivity index (χ4n) is 1.78. The van der Waals surface area contributed by atoms with Gasteiger partial charge in [0, 0.05) is 24.6 Å². The fourth-order valence-corrected chi connectivity index (χ4v) is 2.73. The zero-order valence-corrected chi connectivity index (χ0v) is 12.3. The van der Waals surface area contributed by atoms with Gasteiger partial charge in [-0.3, -0.25) is 10.1 Å². The Balaban J connectivity index is 2.42. The van der Waals surface area contributed by atoms with E-state index in [0.29, 0.717) is 13.2 Å². The molecule has 0 aliphatic rings. The largest absolute Gasteiger partial charge is 0.383 e. The van der Waals surface area contributed by atoms with Crippen molar-refractivity contribution in [2.75, 3.05) is 20.3 Å². The number of ether oxygens (including phenoxy) is 1. The van der Waals surface area contributed by atoms with Crippen LogP contribution in [-0.4, -0.2) is 32.2 Å². The summed E-state index contributed by atoms with van der Waals surface area (Å²) in [6.07, 6.45) is 0. The van der Waals surface area contributed by atoms with Gasteiger partial charge in [0.05, 0.1) is 12.6 Å². The van der Waals surface area contributed by atoms with Crippen LogP contribution in [0.4, 0.5) is 0 Å². The van der Waals surface area contributed by atoms with E-state index < -0.39 is 0 Å². The number of aryl methyl sites for hydroxylation is 1. The van der Waals surface area contributed by atoms with Crippen molar-refractivity contribution < 1.29 is 9.53 Å². The topological polar surface area (TPSA) is 50.4 Å². The molecule has 0 aliphatic carbocycles. The minimum Gasteiger partial charge on any atom is -0.383 e. The summed E-state index contributed by atoms with van der Waals surface area (Å²) < 4.78 is 4.89. The Bertz CT molecular complexity index is 379. The van der Waals surface area contributed by atoms with Crippen molar-refractivity contribution in [1.29, 1.82) is 0 Å². The minimum absolute atomic E-state index is 0.00751. The first-order chi connectivity index (χ1) is 8.56. The van der Waals surface area contributed by atoms with Gasteiger partial charge in [-0.2, -0.15) is 0 Å². The van der Waals surface area contributed by atoms with E-state index in [4.69, 9.17) is 4.74 Å². The monoisotopic (exact) mass is 270 g/mol. The molecule has 0 aromatic carbocycles. The van der Waals surface area contributed by atoms with Crippen LogP contribution in [0.5, 0.6) is 0 Å². The van der Waals surface area contributed by atoms with Crippen LogP contribution in [0, 0.1) is 6.92 Å². The molecule has 1 amide bonds. The standard InChI is InChI=1S/C13H22N2O2S/c1-9-5-8-18-12(9)10(2)15-11(3)13(16)14-6-7-17-4/h5,8,10-11,15H,6-7H2,1-4H3,(H,14,16). The third kappa shape index (κ3) is 4.40. The summed E-state index contributed by atoms with van der Waals surface area (Å²) in [6.45, 7) is 7.14. The Morgan fingerprint density at radius 2 is 2.22 bits per heavy atom. The maximum atomic E-state index is 11.8. The number of thiophene rings is 1. The van der Waals surface area contributed by atoms with Crippen LogP contribution in [0.3, 0.4) is 0 Å². The van der Waals surface area contributed by atoms with Gasteiger partial charge in [0.25, 0.3) is 0 Å². The molecule has 0 saturated carbocycles. The van der Waals surface area contributed by atoms with Crippen LogP contribution in [0.2, 0.25) is 0 Å². The highest BCUT2D eigenvalue weighted by Crippen LogP contribution is 2.23. The zero-order chi connectivity index (χ0) is 13.5. The van der Waals surface area contributed by atoms with Crippen molar-refractivity contribution in [3.63, 3.8) is 0 Å². The maximum Gasteiger partial charge on any atom is 0.236 e. The lowest BCUT2D eigenvalue weighted by Gasteiger charge is -2.19. The second-order valence-corrected chi connectivity index (χ2v) is 5.31. The lowest BCUT2D eigenvalue weighted by atomic mass is 10.1. The van der Waals surface area contributed by atoms with Crippen LogP contribution < -0.4 is 10.6 Å². The predicted molar refractivity (Wildman–Crippen MR) is 75.0 cm³/mol. The van der Waals surface area contributed by atoms with Crippen molar-refractivity contribution >= 4 is 17.2 Å². The van der Waals surface area contributed by atoms with Gasteiger partial charge >= 0.3 is 0 Å². The summed E-state index contributed by atoms with van der Waals surface area (Å²) in [5.41, 5.74) is 1.27. The third-order valence-electron chi connectivity index (χ3n) is 2.79. The summed E-state index contributed by atoms with van der Waals surface area (Å²) in [4.78, 5) is 13.1. The molecule has 2 N–H and O–H groups in total. The third-order valence-corrected chi connectivity index (χ3v) is 4.00. The summed E-state index contributed by atoms with van der Waals surface area (Å²) in [5, 5.41) is 8.21. The van der Waals surface area contributed by atoms with E-state index in [9.17, 15) is 4.79 Å². The van der Waals surface area contributed by atoms with Gasteiger partial charge in [-0.15, -0.1) is 11.3 Å². The molecule has 0 saturated heterocycles. The van der Waals surface area contributed by atoms with Gasteiger partial charge in [0.2, 0.25) is 5.91 Å². The maximum absolute atomic E-state index is 11.8. The van der Waals surface area contributed by atoms with Gasteiger partial charge in [-0.1, -0.05) is 0 Å². The summed E-state index contributed by atoms with van der Waals surface area (Å²) in [6, 6.07) is 2.08. The number of amides is 1. The number of methoxy groups -OCH3 is 1. The molecular weight excluding hydrogens is 248 g/mol. The van der Waals surface area contributed by atoms with Gasteiger partial charge in [0.1, 0.15) is 0 Å². The molecule has 1 rings (SSSR count). The van der Waals surface area contributed by atoms with E-state index in [1.807, 2.05) is 6.92 Å². The molecular formula is C13H22N2O2S. The number of carbonyl (C=O) groups excluding carboxylic acids is 1. The van der Waals surface area contributed by atoms with E-state index in [-0.39, 0.29) is 18.0 Å². The SMILES string of the molecule is COCCNC(=O)C(C)NC(C)c1sccc1C. The molecule has 0 aliphatic heterocycles. The van der Waals surface area contributed by atoms with Crippen molar-refractivity contribution in [2.45, 2.75) is 32.9 Å². The zero-order valence-electron chi connectivity index (χ0n) is 11.4. The number of hydrogen-bond acceptors (Lipinski definition) is 4. The fraction of sp³-hybridized carbons (Fsp3) is 0.615. The van der Waals surface area contributed by atoms with Crippen molar-refractivity contribution in [2.24, 2.45) is 0 Å². The highest BCUT2D eigenvalue weighted by Gasteiger charge is 2.17. The second kappa shape index (κ2) is 7.51. The van der Waals surface area contributed by atoms with Crippen molar-refractivity contribution in [3.8, 4) is 0 Å². The lowest BCUT2D eigenvalue weighted by molar-refractivity contribution is -0.123. The van der Waals surface area contributed by atoms with E-state index in [0.717, 1.165) is 0 Å². The molecule has 1 aromatic rings. The van der Waals surface area contributed by atoms with Gasteiger partial charge in [-0.25, -0.2) is 0 Å². The van der Waals surface area contributed by atoms with Crippen LogP contribution in [0.15, 0.2) is 11.4 Å². The van der Waals surface area contributed by atoms with E-state index in [1.165, 1.54) is 10.4 Å². The summed E-state index contributed by atoms with van der Waals surface area (Å²) in [7, 11) is 1.62. The first-order valence-electron chi connectivity index (χ1n) is 6.13. The predicted octanol–water partition coefficient (Wildman–Crippen LogP) is 1.86. The summed E-state index contributed by atoms with van der Waals surface area (Å²) in [5.74, 6) is 0.00751. The number of carbonyl (C=O) groups is 1. The van der Waals surface area contributed by atoms with Crippen molar-refractivity contribution in [3.05, 3.63) is 21.9 Å². The van der Waals surface area contributed by atoms with Gasteiger partial charge in [0.15, 0.2) is 0 Å². The molecule has 0 bridgehead atoms. The first-order valence-corrected chi connectivity index (χ1v) is 7.01. The van der Waals surface area contributed by atoms with Crippen LogP contribution in [-0.2, 0) is 9.53 Å². The highest BCUT2D eigenvalue weighted by molar-refractivity contribution is 7.10. The smallest absolute Gasteiger partial charge is 0.236 e. The molecule has 0 spiro atoms. The minimum atomic E-state index is -0.210. The average Bonchev–Trinajstić information content (AvgIpc) is 2.75. The molecule has 1 aromatic heterocycles. The van der Waals surface area contributed by atoms with Crippen LogP contribution in [0.25, 0.3) is 0 Å². The Hall–Kier alpha value is -0.910. The Morgan fingerprint density at radius 3 is 2.78 bits per heavy atom. The molecule has 0 radical (unpaired) electrons. The lowest BCUT2D eigenvalue weighted by Crippen LogP contribution is -2.43. The Kier molecular flexibility index (Phi) is 6.32. The Morgan fingerprint density at radius 1 is 1.50 bits per heavy atom. The normalized spacial score (nSPS) is 14.2. The van der Waals surface area contributed by atoms with Crippen LogP contribution in [0.1, 0.15) is 30.3 Å². The molecule has 18 heavy (non-hydrogen) atoms. The van der Waals surface area contributed by atoms with Gasteiger partial charge in [-0.05, 0) is 37.8 Å². The molecule has 1 heterocycles. The van der Waals surface area contributed by atoms with E-state index in [2.05, 4.69) is 35.9 Å². The number of rotatable bonds is 7. The highest BCUT2D eigenvalue weighted by atomic mass is 32.1. The van der Waals surface area contributed by atoms with Crippen LogP contribution >= 0.6 is 11.3 Å². The molecule has 2 atom stereocenters. The van der Waals surface area contributed by atoms with Crippen molar-refractivity contribution in [1.82, 2.24) is 10.6 Å². The number of hydrogen-bond donors (Lipinski definition) is 2. The van der Waals surface area contributed by atoms with E-state index >= 15 is 0 Å². The van der Waals surface area contributed by atoms with E-state index in [1.54, 1.807) is 18.4 Å². The number of nitrogens with one attached hydrogen (secondary N) is 2. The quantitative estimate of drug-likeness (QED) is 0.744. The molecule has 0 fully saturated rings. The summed E-state index contributed by atoms with van der Waals surface area (Å²) >= 11 is 1.72. The molecule has 102 valence electrons. The second-order valence-electron chi connectivity index (χ2n) is 4.36. The van der Waals surface area contributed by atoms with Gasteiger partial charge < -0.3 is 10.1 Å². The molecule has 4 nitrogen and oxygen atoms in total. The average molecular weight is 270 g/mol.